The Labute approximate surface area is 124 Å². The standard InChI is InChI=1S/C17H19N3O/c1-12-5-4-10-19-16(12)17(21)20-11-13(8-9-18)14-6-2-3-7-15(14)20/h2-7,10,13H,8-9,11,18H2,1H3. The molecule has 4 nitrogen and oxygen atoms in total. The van der Waals surface area contributed by atoms with Gasteiger partial charge in [0.2, 0.25) is 0 Å². The van der Waals surface area contributed by atoms with Crippen LogP contribution in [0.15, 0.2) is 42.6 Å². The molecule has 0 saturated carbocycles. The average Bonchev–Trinajstić information content (AvgIpc) is 2.87. The third-order valence-corrected chi connectivity index (χ3v) is 4.04. The predicted octanol–water partition coefficient (Wildman–Crippen LogP) is 2.48. The summed E-state index contributed by atoms with van der Waals surface area (Å²) in [5.41, 5.74) is 9.34. The maximum atomic E-state index is 12.8. The van der Waals surface area contributed by atoms with E-state index >= 15 is 0 Å². The van der Waals surface area contributed by atoms with Gasteiger partial charge in [0.05, 0.1) is 0 Å². The second kappa shape index (κ2) is 5.66. The van der Waals surface area contributed by atoms with Crippen LogP contribution in [0.25, 0.3) is 0 Å². The van der Waals surface area contributed by atoms with E-state index in [1.165, 1.54) is 5.56 Å². The number of hydrogen-bond donors (Lipinski definition) is 1. The van der Waals surface area contributed by atoms with Crippen LogP contribution in [0, 0.1) is 6.92 Å². The maximum absolute atomic E-state index is 12.8. The van der Waals surface area contributed by atoms with E-state index in [9.17, 15) is 4.79 Å². The minimum atomic E-state index is -0.0277. The van der Waals surface area contributed by atoms with Crippen LogP contribution >= 0.6 is 0 Å². The van der Waals surface area contributed by atoms with Crippen molar-refractivity contribution < 1.29 is 4.79 Å². The number of carbonyl (C=O) groups is 1. The van der Waals surface area contributed by atoms with E-state index in [-0.39, 0.29) is 5.91 Å². The van der Waals surface area contributed by atoms with Crippen LogP contribution < -0.4 is 10.6 Å². The first kappa shape index (κ1) is 13.8. The van der Waals surface area contributed by atoms with Crippen LogP contribution in [-0.4, -0.2) is 24.0 Å². The Bertz CT molecular complexity index is 669. The lowest BCUT2D eigenvalue weighted by molar-refractivity contribution is 0.0982. The molecule has 0 spiro atoms. The Hall–Kier alpha value is -2.20. The highest BCUT2D eigenvalue weighted by Gasteiger charge is 2.32. The molecule has 3 rings (SSSR count). The van der Waals surface area contributed by atoms with Crippen molar-refractivity contribution in [2.45, 2.75) is 19.3 Å². The molecular weight excluding hydrogens is 262 g/mol. The van der Waals surface area contributed by atoms with Gasteiger partial charge in [0, 0.05) is 24.3 Å². The molecule has 1 amide bonds. The Balaban J connectivity index is 1.97. The van der Waals surface area contributed by atoms with Crippen molar-refractivity contribution in [3.63, 3.8) is 0 Å². The summed E-state index contributed by atoms with van der Waals surface area (Å²) < 4.78 is 0. The van der Waals surface area contributed by atoms with Crippen molar-refractivity contribution in [3.05, 3.63) is 59.4 Å². The number of carbonyl (C=O) groups excluding carboxylic acids is 1. The van der Waals surface area contributed by atoms with Crippen LogP contribution in [-0.2, 0) is 0 Å². The molecule has 1 atom stereocenters. The third kappa shape index (κ3) is 2.43. The fraction of sp³-hybridized carbons (Fsp3) is 0.294. The SMILES string of the molecule is Cc1cccnc1C(=O)N1CC(CCN)c2ccccc21. The molecule has 1 aliphatic heterocycles. The first-order chi connectivity index (χ1) is 10.2. The van der Waals surface area contributed by atoms with E-state index in [4.69, 9.17) is 5.73 Å². The summed E-state index contributed by atoms with van der Waals surface area (Å²) in [4.78, 5) is 18.9. The van der Waals surface area contributed by atoms with Gasteiger partial charge in [0.15, 0.2) is 0 Å². The van der Waals surface area contributed by atoms with Crippen molar-refractivity contribution in [3.8, 4) is 0 Å². The van der Waals surface area contributed by atoms with Crippen molar-refractivity contribution in [2.24, 2.45) is 5.73 Å². The van der Waals surface area contributed by atoms with Gasteiger partial charge in [-0.25, -0.2) is 0 Å². The van der Waals surface area contributed by atoms with Crippen molar-refractivity contribution in [2.75, 3.05) is 18.0 Å². The largest absolute Gasteiger partial charge is 0.330 e. The smallest absolute Gasteiger partial charge is 0.277 e. The highest BCUT2D eigenvalue weighted by molar-refractivity contribution is 6.07. The van der Waals surface area contributed by atoms with Gasteiger partial charge in [0.25, 0.3) is 5.91 Å². The van der Waals surface area contributed by atoms with Gasteiger partial charge in [-0.15, -0.1) is 0 Å². The molecule has 0 bridgehead atoms. The van der Waals surface area contributed by atoms with E-state index in [1.54, 1.807) is 6.20 Å². The molecule has 0 aliphatic carbocycles. The zero-order valence-corrected chi connectivity index (χ0v) is 12.1. The molecule has 2 N–H and O–H groups in total. The number of benzene rings is 1. The molecule has 4 heteroatoms. The van der Waals surface area contributed by atoms with Gasteiger partial charge in [-0.1, -0.05) is 24.3 Å². The Morgan fingerprint density at radius 3 is 2.90 bits per heavy atom. The van der Waals surface area contributed by atoms with Crippen LogP contribution in [0.4, 0.5) is 5.69 Å². The highest BCUT2D eigenvalue weighted by atomic mass is 16.2. The minimum absolute atomic E-state index is 0.0277. The Morgan fingerprint density at radius 2 is 2.14 bits per heavy atom. The van der Waals surface area contributed by atoms with Gasteiger partial charge in [0.1, 0.15) is 5.69 Å². The number of fused-ring (bicyclic) bond motifs is 1. The molecule has 1 aromatic heterocycles. The molecular formula is C17H19N3O. The average molecular weight is 281 g/mol. The third-order valence-electron chi connectivity index (χ3n) is 4.04. The molecule has 0 fully saturated rings. The van der Waals surface area contributed by atoms with E-state index in [0.29, 0.717) is 24.7 Å². The second-order valence-corrected chi connectivity index (χ2v) is 5.42. The topological polar surface area (TPSA) is 59.2 Å². The lowest BCUT2D eigenvalue weighted by atomic mass is 9.98. The second-order valence-electron chi connectivity index (χ2n) is 5.42. The summed E-state index contributed by atoms with van der Waals surface area (Å²) in [6, 6.07) is 11.8. The molecule has 0 saturated heterocycles. The Kier molecular flexibility index (Phi) is 3.71. The first-order valence-electron chi connectivity index (χ1n) is 7.25. The van der Waals surface area contributed by atoms with Gasteiger partial charge in [-0.2, -0.15) is 0 Å². The lowest BCUT2D eigenvalue weighted by Crippen LogP contribution is -2.31. The summed E-state index contributed by atoms with van der Waals surface area (Å²) in [6.07, 6.45) is 2.56. The van der Waals surface area contributed by atoms with Crippen molar-refractivity contribution in [1.29, 1.82) is 0 Å². The molecule has 1 aliphatic rings. The van der Waals surface area contributed by atoms with Crippen LogP contribution in [0.1, 0.15) is 34.0 Å². The maximum Gasteiger partial charge on any atom is 0.277 e. The fourth-order valence-electron chi connectivity index (χ4n) is 2.97. The molecule has 108 valence electrons. The van der Waals surface area contributed by atoms with Gasteiger partial charge >= 0.3 is 0 Å². The summed E-state index contributed by atoms with van der Waals surface area (Å²) in [6.45, 7) is 3.23. The lowest BCUT2D eigenvalue weighted by Gasteiger charge is -2.18. The number of aryl methyl sites for hydroxylation is 1. The molecule has 2 heterocycles. The fourth-order valence-corrected chi connectivity index (χ4v) is 2.97. The number of aromatic nitrogens is 1. The number of amides is 1. The molecule has 2 aromatic rings. The molecule has 21 heavy (non-hydrogen) atoms. The number of anilines is 1. The molecule has 0 radical (unpaired) electrons. The monoisotopic (exact) mass is 281 g/mol. The summed E-state index contributed by atoms with van der Waals surface area (Å²) in [5.74, 6) is 0.291. The quantitative estimate of drug-likeness (QED) is 0.940. The van der Waals surface area contributed by atoms with E-state index in [0.717, 1.165) is 17.7 Å². The van der Waals surface area contributed by atoms with Gasteiger partial charge in [-0.05, 0) is 43.1 Å². The number of nitrogens with zero attached hydrogens (tertiary/aromatic N) is 2. The summed E-state index contributed by atoms with van der Waals surface area (Å²) in [7, 11) is 0. The van der Waals surface area contributed by atoms with E-state index < -0.39 is 0 Å². The summed E-state index contributed by atoms with van der Waals surface area (Å²) in [5, 5.41) is 0. The van der Waals surface area contributed by atoms with Crippen LogP contribution in [0.2, 0.25) is 0 Å². The molecule has 1 unspecified atom stereocenters. The number of pyridine rings is 1. The van der Waals surface area contributed by atoms with Gasteiger partial charge < -0.3 is 10.6 Å². The Morgan fingerprint density at radius 1 is 1.33 bits per heavy atom. The predicted molar refractivity (Wildman–Crippen MR) is 83.5 cm³/mol. The normalized spacial score (nSPS) is 16.9. The molecule has 1 aromatic carbocycles. The zero-order chi connectivity index (χ0) is 14.8. The van der Waals surface area contributed by atoms with E-state index in [1.807, 2.05) is 42.2 Å². The summed E-state index contributed by atoms with van der Waals surface area (Å²) >= 11 is 0. The number of hydrogen-bond acceptors (Lipinski definition) is 3. The highest BCUT2D eigenvalue weighted by Crippen LogP contribution is 2.38. The zero-order valence-electron chi connectivity index (χ0n) is 12.1. The number of rotatable bonds is 3. The first-order valence-corrected chi connectivity index (χ1v) is 7.25. The van der Waals surface area contributed by atoms with Crippen molar-refractivity contribution in [1.82, 2.24) is 4.98 Å². The number of nitrogens with two attached hydrogens (primary N) is 1. The number of para-hydroxylation sites is 1. The van der Waals surface area contributed by atoms with E-state index in [2.05, 4.69) is 11.1 Å². The minimum Gasteiger partial charge on any atom is -0.330 e. The van der Waals surface area contributed by atoms with Gasteiger partial charge in [-0.3, -0.25) is 9.78 Å². The van der Waals surface area contributed by atoms with Crippen LogP contribution in [0.3, 0.4) is 0 Å². The van der Waals surface area contributed by atoms with Crippen LogP contribution in [0.5, 0.6) is 0 Å². The van der Waals surface area contributed by atoms with Crippen molar-refractivity contribution >= 4 is 11.6 Å².